The number of aryl methyl sites for hydroxylation is 2. The molecule has 0 saturated carbocycles. The fourth-order valence-corrected chi connectivity index (χ4v) is 4.36. The van der Waals surface area contributed by atoms with Gasteiger partial charge in [0, 0.05) is 18.0 Å². The van der Waals surface area contributed by atoms with E-state index < -0.39 is 6.67 Å². The van der Waals surface area contributed by atoms with E-state index in [4.69, 9.17) is 5.10 Å². The number of aromatic nitrogens is 3. The van der Waals surface area contributed by atoms with E-state index in [1.165, 1.54) is 5.56 Å². The summed E-state index contributed by atoms with van der Waals surface area (Å²) in [6, 6.07) is 14.1. The standard InChI is InChI=1S/C28H38FN5O/c1-6-15-33(23(5)25-14-11-22(4)27(18-29)31-25)16-7-8-21(3)26-17-28(30-19-35)34(32-26)24-12-9-20(2)10-13-24/h9-14,17,19,21,23H,6-8,15-16,18H2,1-5H3,(H,30,35). The fourth-order valence-electron chi connectivity index (χ4n) is 4.36. The van der Waals surface area contributed by atoms with Crippen LogP contribution in [0.3, 0.4) is 0 Å². The number of rotatable bonds is 13. The fraction of sp³-hybridized carbons (Fsp3) is 0.464. The zero-order valence-electron chi connectivity index (χ0n) is 21.6. The van der Waals surface area contributed by atoms with Crippen LogP contribution in [-0.4, -0.2) is 39.2 Å². The van der Waals surface area contributed by atoms with Gasteiger partial charge in [-0.2, -0.15) is 5.10 Å². The monoisotopic (exact) mass is 479 g/mol. The third-order valence-corrected chi connectivity index (χ3v) is 6.64. The van der Waals surface area contributed by atoms with Crippen LogP contribution in [0.25, 0.3) is 5.69 Å². The highest BCUT2D eigenvalue weighted by Crippen LogP contribution is 2.27. The first-order valence-corrected chi connectivity index (χ1v) is 12.5. The number of halogens is 1. The van der Waals surface area contributed by atoms with Crippen LogP contribution >= 0.6 is 0 Å². The molecule has 0 bridgehead atoms. The Balaban J connectivity index is 1.67. The second kappa shape index (κ2) is 12.6. The Morgan fingerprint density at radius 2 is 1.83 bits per heavy atom. The maximum absolute atomic E-state index is 13.3. The molecule has 3 aromatic rings. The van der Waals surface area contributed by atoms with Crippen molar-refractivity contribution in [3.05, 3.63) is 70.7 Å². The molecule has 2 heterocycles. The van der Waals surface area contributed by atoms with Crippen LogP contribution in [0.15, 0.2) is 42.5 Å². The Bertz CT molecular complexity index is 1100. The number of alkyl halides is 1. The Morgan fingerprint density at radius 1 is 1.09 bits per heavy atom. The van der Waals surface area contributed by atoms with E-state index in [1.54, 1.807) is 4.68 Å². The molecule has 1 N–H and O–H groups in total. The van der Waals surface area contributed by atoms with Gasteiger partial charge in [0.2, 0.25) is 6.41 Å². The summed E-state index contributed by atoms with van der Waals surface area (Å²) in [5.41, 5.74) is 5.40. The molecule has 0 radical (unpaired) electrons. The highest BCUT2D eigenvalue weighted by Gasteiger charge is 2.19. The number of carbonyl (C=O) groups excluding carboxylic acids is 1. The number of benzene rings is 1. The molecule has 2 unspecified atom stereocenters. The number of nitrogens with one attached hydrogen (secondary N) is 1. The summed E-state index contributed by atoms with van der Waals surface area (Å²) in [6.45, 7) is 11.8. The van der Waals surface area contributed by atoms with E-state index in [-0.39, 0.29) is 12.0 Å². The first-order valence-electron chi connectivity index (χ1n) is 12.5. The van der Waals surface area contributed by atoms with Crippen molar-refractivity contribution in [3.63, 3.8) is 0 Å². The molecule has 6 nitrogen and oxygen atoms in total. The molecule has 1 amide bonds. The lowest BCUT2D eigenvalue weighted by Crippen LogP contribution is -2.30. The van der Waals surface area contributed by atoms with Gasteiger partial charge in [-0.25, -0.2) is 9.07 Å². The summed E-state index contributed by atoms with van der Waals surface area (Å²) in [4.78, 5) is 18.2. The molecule has 7 heteroatoms. The molecule has 0 fully saturated rings. The van der Waals surface area contributed by atoms with Gasteiger partial charge in [-0.15, -0.1) is 0 Å². The van der Waals surface area contributed by atoms with Crippen LogP contribution in [-0.2, 0) is 11.5 Å². The van der Waals surface area contributed by atoms with Gasteiger partial charge in [-0.05, 0) is 76.9 Å². The van der Waals surface area contributed by atoms with Crippen LogP contribution in [0.1, 0.15) is 80.2 Å². The van der Waals surface area contributed by atoms with E-state index in [0.717, 1.165) is 55.0 Å². The van der Waals surface area contributed by atoms with Crippen molar-refractivity contribution in [2.75, 3.05) is 18.4 Å². The molecule has 0 aliphatic heterocycles. The van der Waals surface area contributed by atoms with E-state index in [9.17, 15) is 9.18 Å². The molecule has 2 aromatic heterocycles. The van der Waals surface area contributed by atoms with Crippen molar-refractivity contribution in [1.29, 1.82) is 0 Å². The number of hydrogen-bond acceptors (Lipinski definition) is 4. The largest absolute Gasteiger partial charge is 0.313 e. The SMILES string of the molecule is CCCN(CCCC(C)c1cc(NC=O)n(-c2ccc(C)cc2)n1)C(C)c1ccc(C)c(CF)n1. The molecule has 188 valence electrons. The number of nitrogens with zero attached hydrogens (tertiary/aromatic N) is 4. The molecular weight excluding hydrogens is 441 g/mol. The molecular formula is C28H38FN5O. The average molecular weight is 480 g/mol. The molecule has 3 rings (SSSR count). The van der Waals surface area contributed by atoms with E-state index >= 15 is 0 Å². The summed E-state index contributed by atoms with van der Waals surface area (Å²) in [5.74, 6) is 0.907. The lowest BCUT2D eigenvalue weighted by atomic mass is 10.0. The predicted molar refractivity (Wildman–Crippen MR) is 140 cm³/mol. The molecule has 0 saturated heterocycles. The lowest BCUT2D eigenvalue weighted by molar-refractivity contribution is -0.105. The van der Waals surface area contributed by atoms with Crippen molar-refractivity contribution < 1.29 is 9.18 Å². The smallest absolute Gasteiger partial charge is 0.212 e. The molecule has 0 spiro atoms. The maximum Gasteiger partial charge on any atom is 0.212 e. The van der Waals surface area contributed by atoms with E-state index in [1.807, 2.05) is 56.3 Å². The molecule has 1 aromatic carbocycles. The van der Waals surface area contributed by atoms with Crippen molar-refractivity contribution in [2.45, 2.75) is 72.5 Å². The predicted octanol–water partition coefficient (Wildman–Crippen LogP) is 6.28. The normalized spacial score (nSPS) is 13.1. The van der Waals surface area contributed by atoms with Gasteiger partial charge in [0.25, 0.3) is 0 Å². The van der Waals surface area contributed by atoms with Gasteiger partial charge < -0.3 is 5.32 Å². The van der Waals surface area contributed by atoms with Gasteiger partial charge in [-0.3, -0.25) is 14.7 Å². The summed E-state index contributed by atoms with van der Waals surface area (Å²) in [7, 11) is 0. The van der Waals surface area contributed by atoms with Gasteiger partial charge in [0.15, 0.2) is 0 Å². The lowest BCUT2D eigenvalue weighted by Gasteiger charge is -2.29. The quantitative estimate of drug-likeness (QED) is 0.293. The maximum atomic E-state index is 13.3. The number of hydrogen-bond donors (Lipinski definition) is 1. The summed E-state index contributed by atoms with van der Waals surface area (Å²) >= 11 is 0. The minimum absolute atomic E-state index is 0.125. The number of amides is 1. The van der Waals surface area contributed by atoms with Gasteiger partial charge in [0.05, 0.1) is 22.8 Å². The summed E-state index contributed by atoms with van der Waals surface area (Å²) in [6.07, 6.45) is 3.70. The molecule has 2 atom stereocenters. The minimum atomic E-state index is -0.534. The Morgan fingerprint density at radius 3 is 2.49 bits per heavy atom. The minimum Gasteiger partial charge on any atom is -0.313 e. The van der Waals surface area contributed by atoms with Gasteiger partial charge in [0.1, 0.15) is 12.5 Å². The van der Waals surface area contributed by atoms with Crippen molar-refractivity contribution in [3.8, 4) is 5.69 Å². The zero-order chi connectivity index (χ0) is 25.4. The topological polar surface area (TPSA) is 63.1 Å². The van der Waals surface area contributed by atoms with Crippen LogP contribution in [0, 0.1) is 13.8 Å². The molecule has 0 aliphatic rings. The third kappa shape index (κ3) is 6.75. The van der Waals surface area contributed by atoms with Crippen LogP contribution < -0.4 is 5.32 Å². The number of carbonyl (C=O) groups is 1. The highest BCUT2D eigenvalue weighted by atomic mass is 19.1. The highest BCUT2D eigenvalue weighted by molar-refractivity contribution is 5.70. The van der Waals surface area contributed by atoms with Gasteiger partial charge in [-0.1, -0.05) is 37.6 Å². The van der Waals surface area contributed by atoms with Crippen LogP contribution in [0.5, 0.6) is 0 Å². The molecule has 0 aliphatic carbocycles. The van der Waals surface area contributed by atoms with Crippen LogP contribution in [0.2, 0.25) is 0 Å². The number of pyridine rings is 1. The Labute approximate surface area is 208 Å². The van der Waals surface area contributed by atoms with Crippen molar-refractivity contribution in [1.82, 2.24) is 19.7 Å². The first-order chi connectivity index (χ1) is 16.9. The first kappa shape index (κ1) is 26.5. The Kier molecular flexibility index (Phi) is 9.55. The van der Waals surface area contributed by atoms with E-state index in [0.29, 0.717) is 17.9 Å². The number of anilines is 1. The molecule has 35 heavy (non-hydrogen) atoms. The summed E-state index contributed by atoms with van der Waals surface area (Å²) in [5, 5.41) is 7.59. The zero-order valence-corrected chi connectivity index (χ0v) is 21.6. The van der Waals surface area contributed by atoms with Crippen molar-refractivity contribution >= 4 is 12.2 Å². The third-order valence-electron chi connectivity index (χ3n) is 6.64. The Hall–Kier alpha value is -3.06. The second-order valence-electron chi connectivity index (χ2n) is 9.35. The average Bonchev–Trinajstić information content (AvgIpc) is 3.28. The van der Waals surface area contributed by atoms with Crippen molar-refractivity contribution in [2.24, 2.45) is 0 Å². The van der Waals surface area contributed by atoms with E-state index in [2.05, 4.69) is 36.0 Å². The summed E-state index contributed by atoms with van der Waals surface area (Å²) < 4.78 is 15.1. The van der Waals surface area contributed by atoms with Gasteiger partial charge >= 0.3 is 0 Å². The second-order valence-corrected chi connectivity index (χ2v) is 9.35. The van der Waals surface area contributed by atoms with Crippen LogP contribution in [0.4, 0.5) is 10.2 Å².